The molecule has 0 amide bonds. The zero-order valence-corrected chi connectivity index (χ0v) is 14.5. The Morgan fingerprint density at radius 3 is 1.52 bits per heavy atom. The second-order valence-electron chi connectivity index (χ2n) is 6.23. The Morgan fingerprint density at radius 2 is 1.09 bits per heavy atom. The van der Waals surface area contributed by atoms with Gasteiger partial charge in [-0.2, -0.15) is 0 Å². The minimum absolute atomic E-state index is 0.134. The summed E-state index contributed by atoms with van der Waals surface area (Å²) in [6.45, 7) is 2.39. The molecule has 0 saturated carbocycles. The van der Waals surface area contributed by atoms with Gasteiger partial charge in [-0.05, 0) is 12.0 Å². The van der Waals surface area contributed by atoms with Crippen LogP contribution in [-0.4, -0.2) is 13.7 Å². The molecule has 0 spiro atoms. The van der Waals surface area contributed by atoms with Gasteiger partial charge in [0.1, 0.15) is 8.07 Å². The van der Waals surface area contributed by atoms with Crippen molar-refractivity contribution >= 4 is 18.4 Å². The van der Waals surface area contributed by atoms with Gasteiger partial charge in [-0.15, -0.1) is 0 Å². The lowest BCUT2D eigenvalue weighted by molar-refractivity contribution is 0.860. The van der Waals surface area contributed by atoms with Gasteiger partial charge in [0.25, 0.3) is 0 Å². The molecule has 23 heavy (non-hydrogen) atoms. The van der Waals surface area contributed by atoms with Crippen molar-refractivity contribution < 1.29 is 0 Å². The molecule has 1 unspecified atom stereocenters. The molecule has 0 fully saturated rings. The lowest BCUT2D eigenvalue weighted by Gasteiger charge is -2.35. The van der Waals surface area contributed by atoms with Crippen LogP contribution < -0.4 is 16.1 Å². The molecule has 0 saturated heterocycles. The van der Waals surface area contributed by atoms with Crippen molar-refractivity contribution in [3.8, 4) is 0 Å². The largest absolute Gasteiger partial charge is 0.329 e. The highest BCUT2D eigenvalue weighted by molar-refractivity contribution is 7.02. The number of benzene rings is 3. The molecule has 1 nitrogen and oxygen atoms in total. The summed E-state index contributed by atoms with van der Waals surface area (Å²) in [6.07, 6.45) is 0.910. The van der Waals surface area contributed by atoms with Gasteiger partial charge < -0.3 is 5.73 Å². The Hall–Kier alpha value is -2.16. The fourth-order valence-corrected chi connectivity index (χ4v) is 6.84. The fraction of sp³-hybridized carbons (Fsp3) is 0.143. The zero-order chi connectivity index (χ0) is 16.1. The van der Waals surface area contributed by atoms with E-state index < -0.39 is 8.07 Å². The van der Waals surface area contributed by atoms with E-state index in [-0.39, 0.29) is 5.67 Å². The van der Waals surface area contributed by atoms with Crippen molar-refractivity contribution in [3.63, 3.8) is 0 Å². The third kappa shape index (κ3) is 3.28. The van der Waals surface area contributed by atoms with Crippen LogP contribution in [0.3, 0.4) is 0 Å². The van der Waals surface area contributed by atoms with Crippen molar-refractivity contribution in [1.82, 2.24) is 0 Å². The lowest BCUT2D eigenvalue weighted by atomic mass is 10.1. The SMILES string of the molecule is C[Si](c1ccccc1)(c1ccccc1)C(N)Cc1ccccc1. The Morgan fingerprint density at radius 1 is 0.696 bits per heavy atom. The van der Waals surface area contributed by atoms with Crippen LogP contribution >= 0.6 is 0 Å². The Bertz CT molecular complexity index is 686. The zero-order valence-electron chi connectivity index (χ0n) is 13.5. The van der Waals surface area contributed by atoms with Crippen LogP contribution in [0.2, 0.25) is 6.55 Å². The maximum atomic E-state index is 6.81. The van der Waals surface area contributed by atoms with E-state index in [4.69, 9.17) is 5.73 Å². The standard InChI is InChI=1S/C21H23NSi/c1-23(19-13-7-3-8-14-19,20-15-9-4-10-16-20)21(22)17-18-11-5-2-6-12-18/h2-16,21H,17,22H2,1H3. The van der Waals surface area contributed by atoms with Crippen molar-refractivity contribution in [2.45, 2.75) is 18.6 Å². The Balaban J connectivity index is 2.02. The molecule has 0 aliphatic carbocycles. The molecule has 0 radical (unpaired) electrons. The molecule has 2 heteroatoms. The van der Waals surface area contributed by atoms with E-state index in [9.17, 15) is 0 Å². The Kier molecular flexibility index (Phi) is 4.75. The van der Waals surface area contributed by atoms with Gasteiger partial charge in [0.15, 0.2) is 0 Å². The van der Waals surface area contributed by atoms with E-state index in [1.807, 2.05) is 0 Å². The van der Waals surface area contributed by atoms with E-state index in [1.54, 1.807) is 0 Å². The number of hydrogen-bond acceptors (Lipinski definition) is 1. The first kappa shape index (κ1) is 15.7. The van der Waals surface area contributed by atoms with Gasteiger partial charge in [-0.1, -0.05) is 108 Å². The van der Waals surface area contributed by atoms with Crippen LogP contribution in [0.4, 0.5) is 0 Å². The van der Waals surface area contributed by atoms with Crippen LogP contribution in [0.1, 0.15) is 5.56 Å². The number of nitrogens with two attached hydrogens (primary N) is 1. The molecule has 3 rings (SSSR count). The molecule has 0 heterocycles. The smallest absolute Gasteiger partial charge is 0.131 e. The van der Waals surface area contributed by atoms with Crippen LogP contribution in [0, 0.1) is 0 Å². The van der Waals surface area contributed by atoms with E-state index in [1.165, 1.54) is 15.9 Å². The lowest BCUT2D eigenvalue weighted by Crippen LogP contribution is -2.68. The first-order valence-electron chi connectivity index (χ1n) is 8.12. The fourth-order valence-electron chi connectivity index (χ4n) is 3.24. The van der Waals surface area contributed by atoms with Crippen LogP contribution in [-0.2, 0) is 6.42 Å². The first-order valence-corrected chi connectivity index (χ1v) is 10.7. The van der Waals surface area contributed by atoms with E-state index >= 15 is 0 Å². The summed E-state index contributed by atoms with van der Waals surface area (Å²) in [7, 11) is -2.01. The topological polar surface area (TPSA) is 26.0 Å². The maximum Gasteiger partial charge on any atom is 0.131 e. The first-order chi connectivity index (χ1) is 11.2. The van der Waals surface area contributed by atoms with Crippen LogP contribution in [0.5, 0.6) is 0 Å². The third-order valence-corrected chi connectivity index (χ3v) is 9.54. The minimum atomic E-state index is -2.01. The average molecular weight is 318 g/mol. The second-order valence-corrected chi connectivity index (χ2v) is 10.5. The van der Waals surface area contributed by atoms with Gasteiger partial charge in [-0.25, -0.2) is 0 Å². The molecule has 0 aromatic heterocycles. The highest BCUT2D eigenvalue weighted by Crippen LogP contribution is 2.14. The van der Waals surface area contributed by atoms with Crippen molar-refractivity contribution in [1.29, 1.82) is 0 Å². The summed E-state index contributed by atoms with van der Waals surface area (Å²) in [5.41, 5.74) is 8.25. The molecule has 0 aliphatic heterocycles. The van der Waals surface area contributed by atoms with E-state index in [2.05, 4.69) is 97.5 Å². The minimum Gasteiger partial charge on any atom is -0.329 e. The van der Waals surface area contributed by atoms with Crippen molar-refractivity contribution in [2.75, 3.05) is 0 Å². The van der Waals surface area contributed by atoms with Crippen molar-refractivity contribution in [2.24, 2.45) is 5.73 Å². The molecule has 0 bridgehead atoms. The van der Waals surface area contributed by atoms with Gasteiger partial charge in [-0.3, -0.25) is 0 Å². The summed E-state index contributed by atoms with van der Waals surface area (Å²) in [5, 5.41) is 2.80. The predicted molar refractivity (Wildman–Crippen MR) is 102 cm³/mol. The summed E-state index contributed by atoms with van der Waals surface area (Å²) >= 11 is 0. The summed E-state index contributed by atoms with van der Waals surface area (Å²) in [6, 6.07) is 32.2. The second kappa shape index (κ2) is 6.94. The molecule has 1 atom stereocenters. The molecule has 0 aliphatic rings. The molecular weight excluding hydrogens is 294 g/mol. The Labute approximate surface area is 139 Å². The molecule has 3 aromatic carbocycles. The maximum absolute atomic E-state index is 6.81. The van der Waals surface area contributed by atoms with E-state index in [0.29, 0.717) is 0 Å². The molecular formula is C21H23NSi. The summed E-state index contributed by atoms with van der Waals surface area (Å²) in [4.78, 5) is 0. The number of hydrogen-bond donors (Lipinski definition) is 1. The van der Waals surface area contributed by atoms with Crippen LogP contribution in [0.25, 0.3) is 0 Å². The number of rotatable bonds is 5. The van der Waals surface area contributed by atoms with Gasteiger partial charge in [0, 0.05) is 5.67 Å². The van der Waals surface area contributed by atoms with Gasteiger partial charge in [0.2, 0.25) is 0 Å². The molecule has 3 aromatic rings. The van der Waals surface area contributed by atoms with Crippen LogP contribution in [0.15, 0.2) is 91.0 Å². The normalized spacial score (nSPS) is 12.8. The van der Waals surface area contributed by atoms with Gasteiger partial charge >= 0.3 is 0 Å². The summed E-state index contributed by atoms with van der Waals surface area (Å²) in [5.74, 6) is 0. The summed E-state index contributed by atoms with van der Waals surface area (Å²) < 4.78 is 0. The predicted octanol–water partition coefficient (Wildman–Crippen LogP) is 2.99. The van der Waals surface area contributed by atoms with E-state index in [0.717, 1.165) is 6.42 Å². The third-order valence-electron chi connectivity index (χ3n) is 4.79. The highest BCUT2D eigenvalue weighted by atomic mass is 28.3. The highest BCUT2D eigenvalue weighted by Gasteiger charge is 2.38. The molecule has 116 valence electrons. The van der Waals surface area contributed by atoms with Gasteiger partial charge in [0.05, 0.1) is 0 Å². The van der Waals surface area contributed by atoms with Crippen molar-refractivity contribution in [3.05, 3.63) is 96.6 Å². The molecule has 2 N–H and O–H groups in total. The monoisotopic (exact) mass is 317 g/mol. The average Bonchev–Trinajstić information content (AvgIpc) is 2.63. The quantitative estimate of drug-likeness (QED) is 0.719.